The number of carbonyl (C=O) groups excluding carboxylic acids is 1. The first-order chi connectivity index (χ1) is 8.06. The lowest BCUT2D eigenvalue weighted by Crippen LogP contribution is -2.49. The standard InChI is InChI=1S/C9H8F7NO/c10-6(11)8(12,13)7(18)17-3-1-5(2-4-17)9(14,15)16/h1,6H,2-4H2. The number of rotatable bonds is 2. The number of hydrogen-bond acceptors (Lipinski definition) is 1. The summed E-state index contributed by atoms with van der Waals surface area (Å²) in [6.45, 7) is -1.41. The second-order valence-electron chi connectivity index (χ2n) is 3.65. The molecular weight excluding hydrogens is 271 g/mol. The molecule has 0 bridgehead atoms. The molecule has 1 heterocycles. The molecule has 18 heavy (non-hydrogen) atoms. The molecule has 0 saturated carbocycles. The normalized spacial score (nSPS) is 18.0. The van der Waals surface area contributed by atoms with Gasteiger partial charge in [-0.2, -0.15) is 22.0 Å². The second-order valence-corrected chi connectivity index (χ2v) is 3.65. The Morgan fingerprint density at radius 1 is 1.22 bits per heavy atom. The quantitative estimate of drug-likeness (QED) is 0.562. The van der Waals surface area contributed by atoms with Gasteiger partial charge in [0.15, 0.2) is 0 Å². The van der Waals surface area contributed by atoms with Crippen molar-refractivity contribution in [1.82, 2.24) is 4.90 Å². The van der Waals surface area contributed by atoms with Crippen LogP contribution in [0.1, 0.15) is 6.42 Å². The molecule has 0 aliphatic carbocycles. The molecule has 2 nitrogen and oxygen atoms in total. The molecule has 0 unspecified atom stereocenters. The van der Waals surface area contributed by atoms with Gasteiger partial charge in [-0.05, 0) is 6.42 Å². The zero-order valence-corrected chi connectivity index (χ0v) is 8.78. The highest BCUT2D eigenvalue weighted by molar-refractivity contribution is 5.84. The Balaban J connectivity index is 2.75. The molecule has 0 atom stereocenters. The van der Waals surface area contributed by atoms with Gasteiger partial charge < -0.3 is 4.90 Å². The van der Waals surface area contributed by atoms with E-state index in [1.807, 2.05) is 0 Å². The molecule has 1 aliphatic rings. The number of amides is 1. The third kappa shape index (κ3) is 2.94. The Hall–Kier alpha value is -1.28. The van der Waals surface area contributed by atoms with Crippen molar-refractivity contribution in [2.75, 3.05) is 13.1 Å². The SMILES string of the molecule is O=C(N1CC=C(C(F)(F)F)CC1)C(F)(F)C(F)F. The van der Waals surface area contributed by atoms with Gasteiger partial charge in [-0.15, -0.1) is 0 Å². The number of nitrogens with zero attached hydrogens (tertiary/aromatic N) is 1. The summed E-state index contributed by atoms with van der Waals surface area (Å²) in [4.78, 5) is 11.3. The molecule has 1 aliphatic heterocycles. The van der Waals surface area contributed by atoms with Gasteiger partial charge in [-0.1, -0.05) is 6.08 Å². The average molecular weight is 279 g/mol. The van der Waals surface area contributed by atoms with E-state index in [4.69, 9.17) is 0 Å². The largest absolute Gasteiger partial charge is 0.412 e. The van der Waals surface area contributed by atoms with Crippen molar-refractivity contribution in [3.63, 3.8) is 0 Å². The molecule has 0 aromatic carbocycles. The molecular formula is C9H8F7NO. The number of halogens is 7. The highest BCUT2D eigenvalue weighted by Crippen LogP contribution is 2.32. The van der Waals surface area contributed by atoms with Gasteiger partial charge in [0.2, 0.25) is 0 Å². The summed E-state index contributed by atoms with van der Waals surface area (Å²) in [6.07, 6.45) is -8.92. The van der Waals surface area contributed by atoms with Crippen molar-refractivity contribution in [3.8, 4) is 0 Å². The highest BCUT2D eigenvalue weighted by Gasteiger charge is 2.51. The van der Waals surface area contributed by atoms with E-state index in [1.165, 1.54) is 0 Å². The minimum atomic E-state index is -4.87. The average Bonchev–Trinajstić information content (AvgIpc) is 2.26. The Morgan fingerprint density at radius 2 is 1.78 bits per heavy atom. The number of carbonyl (C=O) groups is 1. The molecule has 0 N–H and O–H groups in total. The lowest BCUT2D eigenvalue weighted by molar-refractivity contribution is -0.180. The van der Waals surface area contributed by atoms with Gasteiger partial charge in [0.25, 0.3) is 5.91 Å². The Morgan fingerprint density at radius 3 is 2.11 bits per heavy atom. The summed E-state index contributed by atoms with van der Waals surface area (Å²) in [5.74, 6) is -7.03. The molecule has 0 saturated heterocycles. The van der Waals surface area contributed by atoms with E-state index in [2.05, 4.69) is 0 Å². The van der Waals surface area contributed by atoms with E-state index < -0.39 is 49.5 Å². The zero-order valence-electron chi connectivity index (χ0n) is 8.78. The first-order valence-corrected chi connectivity index (χ1v) is 4.78. The molecule has 104 valence electrons. The minimum Gasteiger partial charge on any atom is -0.333 e. The van der Waals surface area contributed by atoms with E-state index in [1.54, 1.807) is 0 Å². The zero-order chi connectivity index (χ0) is 14.1. The smallest absolute Gasteiger partial charge is 0.333 e. The minimum absolute atomic E-state index is 0.279. The molecule has 0 fully saturated rings. The second kappa shape index (κ2) is 4.77. The van der Waals surface area contributed by atoms with Crippen LogP contribution in [-0.4, -0.2) is 42.4 Å². The summed E-state index contributed by atoms with van der Waals surface area (Å²) in [6, 6.07) is 0. The molecule has 1 rings (SSSR count). The molecule has 9 heteroatoms. The van der Waals surface area contributed by atoms with Crippen molar-refractivity contribution < 1.29 is 35.5 Å². The van der Waals surface area contributed by atoms with E-state index in [-0.39, 0.29) is 4.90 Å². The highest BCUT2D eigenvalue weighted by atomic mass is 19.4. The van der Waals surface area contributed by atoms with Crippen LogP contribution in [0.5, 0.6) is 0 Å². The van der Waals surface area contributed by atoms with Gasteiger partial charge in [-0.3, -0.25) is 4.79 Å². The molecule has 1 amide bonds. The summed E-state index contributed by atoms with van der Waals surface area (Å²) in [5.41, 5.74) is -0.952. The maximum absolute atomic E-state index is 12.7. The van der Waals surface area contributed by atoms with Crippen LogP contribution >= 0.6 is 0 Å². The Labute approximate surface area is 97.0 Å². The van der Waals surface area contributed by atoms with Crippen LogP contribution in [0.15, 0.2) is 11.6 Å². The molecule has 0 aromatic heterocycles. The predicted octanol–water partition coefficient (Wildman–Crippen LogP) is 2.61. The summed E-state index contributed by atoms with van der Waals surface area (Å²) in [5, 5.41) is 0. The van der Waals surface area contributed by atoms with Gasteiger partial charge in [0, 0.05) is 18.7 Å². The fraction of sp³-hybridized carbons (Fsp3) is 0.667. The maximum Gasteiger partial charge on any atom is 0.412 e. The van der Waals surface area contributed by atoms with Crippen LogP contribution in [0.25, 0.3) is 0 Å². The molecule has 0 radical (unpaired) electrons. The van der Waals surface area contributed by atoms with E-state index in [0.717, 1.165) is 0 Å². The van der Waals surface area contributed by atoms with Crippen molar-refractivity contribution in [1.29, 1.82) is 0 Å². The fourth-order valence-corrected chi connectivity index (χ4v) is 1.42. The summed E-state index contributed by atoms with van der Waals surface area (Å²) < 4.78 is 85.7. The van der Waals surface area contributed by atoms with Crippen LogP contribution in [-0.2, 0) is 4.79 Å². The number of hydrogen-bond donors (Lipinski definition) is 0. The summed E-state index contributed by atoms with van der Waals surface area (Å²) >= 11 is 0. The first kappa shape index (κ1) is 14.8. The van der Waals surface area contributed by atoms with Gasteiger partial charge >= 0.3 is 18.5 Å². The van der Waals surface area contributed by atoms with Crippen LogP contribution in [0.2, 0.25) is 0 Å². The van der Waals surface area contributed by atoms with E-state index in [9.17, 15) is 35.5 Å². The lowest BCUT2D eigenvalue weighted by atomic mass is 10.1. The van der Waals surface area contributed by atoms with Crippen LogP contribution in [0.4, 0.5) is 30.7 Å². The van der Waals surface area contributed by atoms with Gasteiger partial charge in [-0.25, -0.2) is 8.78 Å². The fourth-order valence-electron chi connectivity index (χ4n) is 1.42. The van der Waals surface area contributed by atoms with E-state index >= 15 is 0 Å². The Bertz CT molecular complexity index is 360. The van der Waals surface area contributed by atoms with Crippen molar-refractivity contribution in [2.45, 2.75) is 24.9 Å². The Kier molecular flexibility index (Phi) is 3.92. The van der Waals surface area contributed by atoms with Crippen LogP contribution in [0, 0.1) is 0 Å². The molecule has 0 aromatic rings. The van der Waals surface area contributed by atoms with Crippen molar-refractivity contribution in [3.05, 3.63) is 11.6 Å². The summed E-state index contributed by atoms with van der Waals surface area (Å²) in [7, 11) is 0. The van der Waals surface area contributed by atoms with Crippen molar-refractivity contribution in [2.24, 2.45) is 0 Å². The maximum atomic E-state index is 12.7. The van der Waals surface area contributed by atoms with Crippen LogP contribution < -0.4 is 0 Å². The monoisotopic (exact) mass is 279 g/mol. The first-order valence-electron chi connectivity index (χ1n) is 4.78. The third-order valence-electron chi connectivity index (χ3n) is 2.42. The topological polar surface area (TPSA) is 20.3 Å². The van der Waals surface area contributed by atoms with Gasteiger partial charge in [0.1, 0.15) is 0 Å². The molecule has 0 spiro atoms. The lowest BCUT2D eigenvalue weighted by Gasteiger charge is -2.29. The predicted molar refractivity (Wildman–Crippen MR) is 46.3 cm³/mol. The third-order valence-corrected chi connectivity index (χ3v) is 2.42. The van der Waals surface area contributed by atoms with Crippen molar-refractivity contribution >= 4 is 5.91 Å². The van der Waals surface area contributed by atoms with Crippen LogP contribution in [0.3, 0.4) is 0 Å². The van der Waals surface area contributed by atoms with E-state index in [0.29, 0.717) is 6.08 Å². The number of alkyl halides is 7. The van der Waals surface area contributed by atoms with Gasteiger partial charge in [0.05, 0.1) is 0 Å².